The number of hydrogen-bond acceptors (Lipinski definition) is 6. The molecular weight excluding hydrogens is 444 g/mol. The Morgan fingerprint density at radius 1 is 1.11 bits per heavy atom. The maximum atomic E-state index is 13.2. The van der Waals surface area contributed by atoms with Crippen molar-refractivity contribution in [2.45, 2.75) is 26.3 Å². The van der Waals surface area contributed by atoms with Gasteiger partial charge in [-0.1, -0.05) is 31.7 Å². The van der Waals surface area contributed by atoms with Crippen LogP contribution in [-0.4, -0.2) is 67.0 Å². The van der Waals surface area contributed by atoms with Crippen molar-refractivity contribution in [3.63, 3.8) is 0 Å². The van der Waals surface area contributed by atoms with Gasteiger partial charge in [0.15, 0.2) is 0 Å². The van der Waals surface area contributed by atoms with Crippen LogP contribution in [0.4, 0.5) is 0 Å². The van der Waals surface area contributed by atoms with Crippen LogP contribution in [0.25, 0.3) is 5.76 Å². The molecule has 7 heteroatoms. The van der Waals surface area contributed by atoms with E-state index in [1.807, 2.05) is 57.1 Å². The van der Waals surface area contributed by atoms with Crippen molar-refractivity contribution in [1.82, 2.24) is 9.80 Å². The molecule has 2 aromatic carbocycles. The van der Waals surface area contributed by atoms with Crippen molar-refractivity contribution < 1.29 is 24.2 Å². The maximum Gasteiger partial charge on any atom is 0.295 e. The highest BCUT2D eigenvalue weighted by molar-refractivity contribution is 6.46. The summed E-state index contributed by atoms with van der Waals surface area (Å²) in [5.74, 6) is -0.159. The molecular formula is C28H34N2O5. The average Bonchev–Trinajstić information content (AvgIpc) is 3.09. The van der Waals surface area contributed by atoms with Gasteiger partial charge in [-0.05, 0) is 68.9 Å². The Morgan fingerprint density at radius 2 is 1.80 bits per heavy atom. The zero-order chi connectivity index (χ0) is 25.5. The molecule has 0 aromatic heterocycles. The molecule has 1 atom stereocenters. The standard InChI is InChI=1S/C28H34N2O5/c1-6-16-34-21-10-8-20(9-11-21)25-24(27(32)28(33)30(25)15-14-29(4)5)26(31)23-13-12-22(18-19(23)3)35-17-7-2/h7-13,18,25,31H,2,6,14-17H2,1,3-5H3/b26-24+. The Balaban J connectivity index is 2.07. The molecule has 1 N–H and O–H groups in total. The topological polar surface area (TPSA) is 79.3 Å². The zero-order valence-electron chi connectivity index (χ0n) is 20.9. The van der Waals surface area contributed by atoms with Crippen LogP contribution in [0.3, 0.4) is 0 Å². The number of rotatable bonds is 11. The number of nitrogens with zero attached hydrogens (tertiary/aromatic N) is 2. The van der Waals surface area contributed by atoms with E-state index in [1.165, 1.54) is 4.90 Å². The van der Waals surface area contributed by atoms with E-state index < -0.39 is 17.7 Å². The zero-order valence-corrected chi connectivity index (χ0v) is 20.9. The molecule has 0 spiro atoms. The van der Waals surface area contributed by atoms with Crippen LogP contribution >= 0.6 is 0 Å². The first-order chi connectivity index (χ1) is 16.8. The van der Waals surface area contributed by atoms with E-state index in [9.17, 15) is 14.7 Å². The fraction of sp³-hybridized carbons (Fsp3) is 0.357. The largest absolute Gasteiger partial charge is 0.507 e. The number of amides is 1. The van der Waals surface area contributed by atoms with Crippen LogP contribution in [0.5, 0.6) is 11.5 Å². The highest BCUT2D eigenvalue weighted by Gasteiger charge is 2.46. The maximum absolute atomic E-state index is 13.2. The molecule has 0 radical (unpaired) electrons. The molecule has 1 aliphatic rings. The van der Waals surface area contributed by atoms with Gasteiger partial charge in [0.05, 0.1) is 18.2 Å². The molecule has 35 heavy (non-hydrogen) atoms. The summed E-state index contributed by atoms with van der Waals surface area (Å²) in [4.78, 5) is 29.8. The van der Waals surface area contributed by atoms with Crippen LogP contribution in [0.2, 0.25) is 0 Å². The number of ketones is 1. The van der Waals surface area contributed by atoms with E-state index >= 15 is 0 Å². The van der Waals surface area contributed by atoms with E-state index in [4.69, 9.17) is 9.47 Å². The van der Waals surface area contributed by atoms with E-state index in [0.29, 0.717) is 43.4 Å². The molecule has 1 heterocycles. The van der Waals surface area contributed by atoms with E-state index in [0.717, 1.165) is 17.5 Å². The number of aliphatic hydroxyl groups excluding tert-OH is 1. The molecule has 1 amide bonds. The second-order valence-electron chi connectivity index (χ2n) is 8.79. The number of ether oxygens (including phenoxy) is 2. The monoisotopic (exact) mass is 478 g/mol. The van der Waals surface area contributed by atoms with Gasteiger partial charge in [-0.3, -0.25) is 9.59 Å². The number of carbonyl (C=O) groups excluding carboxylic acids is 2. The van der Waals surface area contributed by atoms with Crippen molar-refractivity contribution in [1.29, 1.82) is 0 Å². The predicted octanol–water partition coefficient (Wildman–Crippen LogP) is 4.33. The van der Waals surface area contributed by atoms with Gasteiger partial charge in [0.2, 0.25) is 0 Å². The number of carbonyl (C=O) groups is 2. The van der Waals surface area contributed by atoms with Crippen molar-refractivity contribution in [2.24, 2.45) is 0 Å². The third kappa shape index (κ3) is 5.92. The molecule has 1 unspecified atom stereocenters. The number of aryl methyl sites for hydroxylation is 1. The summed E-state index contributed by atoms with van der Waals surface area (Å²) < 4.78 is 11.3. The highest BCUT2D eigenvalue weighted by atomic mass is 16.5. The SMILES string of the molecule is C=CCOc1ccc(/C(O)=C2\C(=O)C(=O)N(CCN(C)C)C2c2ccc(OCCC)cc2)c(C)c1. The van der Waals surface area contributed by atoms with E-state index in [-0.39, 0.29) is 11.3 Å². The Kier molecular flexibility index (Phi) is 8.71. The quantitative estimate of drug-likeness (QED) is 0.224. The van der Waals surface area contributed by atoms with Gasteiger partial charge in [0, 0.05) is 18.7 Å². The Labute approximate surface area is 207 Å². The molecule has 7 nitrogen and oxygen atoms in total. The minimum atomic E-state index is -0.703. The smallest absolute Gasteiger partial charge is 0.295 e. The first-order valence-electron chi connectivity index (χ1n) is 11.8. The van der Waals surface area contributed by atoms with Gasteiger partial charge in [-0.25, -0.2) is 0 Å². The number of likely N-dealkylation sites (tertiary alicyclic amines) is 1. The van der Waals surface area contributed by atoms with Crippen molar-refractivity contribution in [3.05, 3.63) is 77.4 Å². The van der Waals surface area contributed by atoms with Gasteiger partial charge in [-0.2, -0.15) is 0 Å². The van der Waals surface area contributed by atoms with E-state index in [2.05, 4.69) is 6.58 Å². The van der Waals surface area contributed by atoms with Crippen molar-refractivity contribution in [3.8, 4) is 11.5 Å². The fourth-order valence-electron chi connectivity index (χ4n) is 4.02. The lowest BCUT2D eigenvalue weighted by Gasteiger charge is -2.26. The number of benzene rings is 2. The lowest BCUT2D eigenvalue weighted by Crippen LogP contribution is -2.35. The lowest BCUT2D eigenvalue weighted by atomic mass is 9.94. The summed E-state index contributed by atoms with van der Waals surface area (Å²) in [7, 11) is 3.82. The van der Waals surface area contributed by atoms with Gasteiger partial charge in [0.1, 0.15) is 23.9 Å². The minimum absolute atomic E-state index is 0.0823. The second-order valence-corrected chi connectivity index (χ2v) is 8.79. The average molecular weight is 479 g/mol. The summed E-state index contributed by atoms with van der Waals surface area (Å²) in [6, 6.07) is 11.9. The third-order valence-electron chi connectivity index (χ3n) is 5.82. The van der Waals surface area contributed by atoms with Crippen LogP contribution in [0.15, 0.2) is 60.7 Å². The molecule has 2 aromatic rings. The summed E-state index contributed by atoms with van der Waals surface area (Å²) >= 11 is 0. The lowest BCUT2D eigenvalue weighted by molar-refractivity contribution is -0.140. The number of aliphatic hydroxyl groups is 1. The predicted molar refractivity (Wildman–Crippen MR) is 137 cm³/mol. The number of likely N-dealkylation sites (N-methyl/N-ethyl adjacent to an activating group) is 1. The summed E-state index contributed by atoms with van der Waals surface area (Å²) in [5.41, 5.74) is 2.02. The fourth-order valence-corrected chi connectivity index (χ4v) is 4.02. The van der Waals surface area contributed by atoms with Crippen LogP contribution in [0, 0.1) is 6.92 Å². The second kappa shape index (κ2) is 11.7. The van der Waals surface area contributed by atoms with Crippen molar-refractivity contribution in [2.75, 3.05) is 40.4 Å². The number of hydrogen-bond donors (Lipinski definition) is 1. The molecule has 0 saturated carbocycles. The van der Waals surface area contributed by atoms with Crippen LogP contribution < -0.4 is 9.47 Å². The molecule has 1 fully saturated rings. The molecule has 1 aliphatic heterocycles. The first kappa shape index (κ1) is 26.0. The Morgan fingerprint density at radius 3 is 2.40 bits per heavy atom. The Hall–Kier alpha value is -3.58. The van der Waals surface area contributed by atoms with Gasteiger partial charge in [-0.15, -0.1) is 0 Å². The van der Waals surface area contributed by atoms with Gasteiger partial charge in [0.25, 0.3) is 11.7 Å². The van der Waals surface area contributed by atoms with Crippen LogP contribution in [-0.2, 0) is 9.59 Å². The summed E-state index contributed by atoms with van der Waals surface area (Å²) in [6.45, 7) is 9.40. The summed E-state index contributed by atoms with van der Waals surface area (Å²) in [6.07, 6.45) is 2.54. The number of Topliss-reactive ketones (excluding diaryl/α,β-unsaturated/α-hetero) is 1. The van der Waals surface area contributed by atoms with Crippen molar-refractivity contribution >= 4 is 17.4 Å². The normalized spacial score (nSPS) is 17.2. The molecule has 0 aliphatic carbocycles. The highest BCUT2D eigenvalue weighted by Crippen LogP contribution is 2.40. The van der Waals surface area contributed by atoms with E-state index in [1.54, 1.807) is 24.3 Å². The van der Waals surface area contributed by atoms with Crippen LogP contribution in [0.1, 0.15) is 36.1 Å². The molecule has 1 saturated heterocycles. The van der Waals surface area contributed by atoms with Gasteiger partial charge < -0.3 is 24.4 Å². The summed E-state index contributed by atoms with van der Waals surface area (Å²) in [5, 5.41) is 11.3. The Bertz CT molecular complexity index is 1100. The molecule has 0 bridgehead atoms. The molecule has 3 rings (SSSR count). The first-order valence-corrected chi connectivity index (χ1v) is 11.8. The minimum Gasteiger partial charge on any atom is -0.507 e. The third-order valence-corrected chi connectivity index (χ3v) is 5.82. The van der Waals surface area contributed by atoms with Gasteiger partial charge >= 0.3 is 0 Å². The molecule has 186 valence electrons.